The zero-order chi connectivity index (χ0) is 22.7. The highest BCUT2D eigenvalue weighted by atomic mass is 35.5. The summed E-state index contributed by atoms with van der Waals surface area (Å²) in [4.78, 5) is 25.0. The fraction of sp³-hybridized carbons (Fsp3) is 0.560. The van der Waals surface area contributed by atoms with Crippen LogP contribution in [0.2, 0.25) is 5.02 Å². The van der Waals surface area contributed by atoms with Crippen LogP contribution in [-0.4, -0.2) is 20.9 Å². The number of benzene rings is 1. The number of hydrogen-bond acceptors (Lipinski definition) is 4. The predicted octanol–water partition coefficient (Wildman–Crippen LogP) is 5.53. The number of carboxylic acids is 1. The Morgan fingerprint density at radius 1 is 1.22 bits per heavy atom. The van der Waals surface area contributed by atoms with Crippen LogP contribution in [0.5, 0.6) is 0 Å². The minimum atomic E-state index is -0.747. The Morgan fingerprint density at radius 3 is 2.47 bits per heavy atom. The van der Waals surface area contributed by atoms with Crippen LogP contribution in [0, 0.1) is 17.3 Å². The number of nitrogens with zero attached hydrogens (tertiary/aromatic N) is 2. The van der Waals surface area contributed by atoms with Gasteiger partial charge in [-0.2, -0.15) is 5.10 Å². The lowest BCUT2D eigenvalue weighted by molar-refractivity contribution is -0.151. The molecule has 4 fully saturated rings. The molecule has 1 aromatic carbocycles. The first-order chi connectivity index (χ1) is 15.2. The number of carbonyl (C=O) groups is 1. The van der Waals surface area contributed by atoms with E-state index in [1.165, 1.54) is 5.56 Å². The van der Waals surface area contributed by atoms with Crippen molar-refractivity contribution in [2.24, 2.45) is 17.3 Å². The first-order valence-electron chi connectivity index (χ1n) is 11.6. The van der Waals surface area contributed by atoms with E-state index in [2.05, 4.69) is 36.4 Å². The van der Waals surface area contributed by atoms with Gasteiger partial charge in [0.05, 0.1) is 23.8 Å². The third kappa shape index (κ3) is 3.62. The fourth-order valence-corrected chi connectivity index (χ4v) is 7.32. The largest absolute Gasteiger partial charge is 0.481 e. The van der Waals surface area contributed by atoms with E-state index < -0.39 is 11.5 Å². The molecular formula is C25H30ClN3O3. The molecule has 6 rings (SSSR count). The van der Waals surface area contributed by atoms with E-state index in [-0.39, 0.29) is 22.4 Å². The summed E-state index contributed by atoms with van der Waals surface area (Å²) in [5.41, 5.74) is 1.66. The van der Waals surface area contributed by atoms with Crippen LogP contribution in [0.15, 0.2) is 35.3 Å². The quantitative estimate of drug-likeness (QED) is 0.597. The Kier molecular flexibility index (Phi) is 5.12. The number of carboxylic acid groups (broad SMARTS) is 1. The topological polar surface area (TPSA) is 84.2 Å². The second kappa shape index (κ2) is 7.62. The van der Waals surface area contributed by atoms with E-state index in [0.29, 0.717) is 29.9 Å². The normalized spacial score (nSPS) is 30.6. The van der Waals surface area contributed by atoms with Crippen LogP contribution in [0.4, 0.5) is 11.4 Å². The molecular weight excluding hydrogens is 426 g/mol. The highest BCUT2D eigenvalue weighted by Gasteiger charge is 2.59. The molecule has 0 amide bonds. The Hall–Kier alpha value is -2.34. The van der Waals surface area contributed by atoms with Gasteiger partial charge in [-0.25, -0.2) is 4.68 Å². The van der Waals surface area contributed by atoms with Gasteiger partial charge < -0.3 is 10.4 Å². The van der Waals surface area contributed by atoms with Crippen LogP contribution < -0.4 is 10.9 Å². The molecule has 1 aromatic heterocycles. The molecule has 4 saturated carbocycles. The summed E-state index contributed by atoms with van der Waals surface area (Å²) >= 11 is 6.56. The molecule has 32 heavy (non-hydrogen) atoms. The van der Waals surface area contributed by atoms with Crippen LogP contribution in [0.3, 0.4) is 0 Å². The zero-order valence-corrected chi connectivity index (χ0v) is 19.4. The maximum atomic E-state index is 13.4. The van der Waals surface area contributed by atoms with Gasteiger partial charge in [0.2, 0.25) is 0 Å². The van der Waals surface area contributed by atoms with Gasteiger partial charge >= 0.3 is 5.97 Å². The molecule has 2 N–H and O–H groups in total. The molecule has 0 spiro atoms. The van der Waals surface area contributed by atoms with Crippen molar-refractivity contribution < 1.29 is 9.90 Å². The molecule has 2 aromatic rings. The summed E-state index contributed by atoms with van der Waals surface area (Å²) in [6, 6.07) is 8.08. The summed E-state index contributed by atoms with van der Waals surface area (Å²) in [6.07, 6.45) is 7.33. The lowest BCUT2D eigenvalue weighted by Gasteiger charge is -2.61. The first-order valence-corrected chi connectivity index (χ1v) is 11.9. The molecule has 0 aliphatic heterocycles. The molecule has 1 heterocycles. The fourth-order valence-electron chi connectivity index (χ4n) is 7.14. The number of aromatic nitrogens is 2. The zero-order valence-electron chi connectivity index (χ0n) is 18.6. The molecule has 0 saturated heterocycles. The molecule has 6 nitrogen and oxygen atoms in total. The first kappa shape index (κ1) is 21.5. The van der Waals surface area contributed by atoms with Crippen molar-refractivity contribution in [1.82, 2.24) is 9.78 Å². The monoisotopic (exact) mass is 455 g/mol. The van der Waals surface area contributed by atoms with Gasteiger partial charge in [-0.1, -0.05) is 37.6 Å². The molecule has 4 bridgehead atoms. The standard InChI is InChI=1S/C25H30ClN3O3/c1-15(2)18-3-5-19(6-4-18)28-20-13-27-29(23(32)22(20)26)25-10-16-7-17(11-25)9-24(8-16,14-25)12-21(30)31/h3-6,13,15-17,28H,7-12,14H2,1-2H3,(H,30,31)/t16-,17-,24?,25?/m0/s1. The highest BCUT2D eigenvalue weighted by molar-refractivity contribution is 6.33. The van der Waals surface area contributed by atoms with E-state index in [0.717, 1.165) is 37.8 Å². The lowest BCUT2D eigenvalue weighted by Crippen LogP contribution is -2.59. The maximum Gasteiger partial charge on any atom is 0.303 e. The molecule has 0 unspecified atom stereocenters. The Balaban J connectivity index is 1.45. The van der Waals surface area contributed by atoms with Crippen LogP contribution in [0.1, 0.15) is 70.3 Å². The molecule has 170 valence electrons. The van der Waals surface area contributed by atoms with Gasteiger partial charge in [0.15, 0.2) is 0 Å². The van der Waals surface area contributed by atoms with Crippen molar-refractivity contribution >= 4 is 28.9 Å². The Morgan fingerprint density at radius 2 is 1.88 bits per heavy atom. The van der Waals surface area contributed by atoms with E-state index in [4.69, 9.17) is 11.6 Å². The van der Waals surface area contributed by atoms with Crippen molar-refractivity contribution in [3.8, 4) is 0 Å². The van der Waals surface area contributed by atoms with Crippen molar-refractivity contribution in [3.63, 3.8) is 0 Å². The molecule has 4 aliphatic carbocycles. The number of aliphatic carboxylic acids is 1. The van der Waals surface area contributed by atoms with Gasteiger partial charge in [-0.05, 0) is 79.4 Å². The van der Waals surface area contributed by atoms with E-state index in [1.54, 1.807) is 10.9 Å². The third-order valence-corrected chi connectivity index (χ3v) is 8.27. The minimum Gasteiger partial charge on any atom is -0.481 e. The molecule has 7 heteroatoms. The Bertz CT molecular complexity index is 1090. The Labute approximate surface area is 193 Å². The SMILES string of the molecule is CC(C)c1ccc(Nc2cnn(C34C[C@H]5C[C@@H](CC(CC(=O)O)(C5)C3)C4)c(=O)c2Cl)cc1. The second-order valence-corrected chi connectivity index (χ2v) is 11.1. The average Bonchev–Trinajstić information content (AvgIpc) is 2.69. The van der Waals surface area contributed by atoms with Crippen molar-refractivity contribution in [3.05, 3.63) is 51.4 Å². The lowest BCUT2D eigenvalue weighted by atomic mass is 9.46. The second-order valence-electron chi connectivity index (χ2n) is 10.7. The van der Waals surface area contributed by atoms with Crippen molar-refractivity contribution in [1.29, 1.82) is 0 Å². The van der Waals surface area contributed by atoms with Gasteiger partial charge in [0.1, 0.15) is 5.02 Å². The average molecular weight is 456 g/mol. The van der Waals surface area contributed by atoms with Gasteiger partial charge in [-0.3, -0.25) is 9.59 Å². The summed E-state index contributed by atoms with van der Waals surface area (Å²) in [5.74, 6) is 0.618. The van der Waals surface area contributed by atoms with Crippen molar-refractivity contribution in [2.75, 3.05) is 5.32 Å². The number of halogens is 1. The van der Waals surface area contributed by atoms with E-state index >= 15 is 0 Å². The van der Waals surface area contributed by atoms with E-state index in [1.807, 2.05) is 12.1 Å². The maximum absolute atomic E-state index is 13.4. The van der Waals surface area contributed by atoms with Gasteiger partial charge in [-0.15, -0.1) is 0 Å². The van der Waals surface area contributed by atoms with Crippen LogP contribution in [-0.2, 0) is 10.3 Å². The predicted molar refractivity (Wildman–Crippen MR) is 125 cm³/mol. The van der Waals surface area contributed by atoms with E-state index in [9.17, 15) is 14.7 Å². The third-order valence-electron chi connectivity index (χ3n) is 7.90. The minimum absolute atomic E-state index is 0.135. The summed E-state index contributed by atoms with van der Waals surface area (Å²) in [7, 11) is 0. The summed E-state index contributed by atoms with van der Waals surface area (Å²) in [5, 5.41) is 17.5. The van der Waals surface area contributed by atoms with Gasteiger partial charge in [0.25, 0.3) is 5.56 Å². The van der Waals surface area contributed by atoms with Crippen LogP contribution >= 0.6 is 11.6 Å². The number of hydrogen-bond donors (Lipinski definition) is 2. The smallest absolute Gasteiger partial charge is 0.303 e. The molecule has 0 radical (unpaired) electrons. The summed E-state index contributed by atoms with van der Waals surface area (Å²) < 4.78 is 1.59. The number of nitrogens with one attached hydrogen (secondary N) is 1. The van der Waals surface area contributed by atoms with Gasteiger partial charge in [0, 0.05) is 5.69 Å². The molecule has 2 atom stereocenters. The van der Waals surface area contributed by atoms with Crippen LogP contribution in [0.25, 0.3) is 0 Å². The number of rotatable bonds is 6. The summed E-state index contributed by atoms with van der Waals surface area (Å²) in [6.45, 7) is 4.29. The highest BCUT2D eigenvalue weighted by Crippen LogP contribution is 2.65. The molecule has 4 aliphatic rings. The van der Waals surface area contributed by atoms with Crippen molar-refractivity contribution in [2.45, 2.75) is 70.3 Å². The number of anilines is 2.